The molecule has 0 radical (unpaired) electrons. The Morgan fingerprint density at radius 2 is 1.79 bits per heavy atom. The molecule has 0 saturated heterocycles. The third-order valence-corrected chi connectivity index (χ3v) is 5.32. The van der Waals surface area contributed by atoms with Crippen molar-refractivity contribution in [3.8, 4) is 5.75 Å². The van der Waals surface area contributed by atoms with Gasteiger partial charge in [-0.05, 0) is 55.3 Å². The number of carbonyl (C=O) groups is 1. The van der Waals surface area contributed by atoms with E-state index >= 15 is 0 Å². The van der Waals surface area contributed by atoms with Crippen LogP contribution in [0.3, 0.4) is 0 Å². The van der Waals surface area contributed by atoms with Crippen molar-refractivity contribution in [3.05, 3.63) is 89.2 Å². The number of carbonyl (C=O) groups excluding carboxylic acids is 1. The summed E-state index contributed by atoms with van der Waals surface area (Å²) in [5.74, 6) is 0.612. The average Bonchev–Trinajstić information content (AvgIpc) is 3.18. The molecule has 0 N–H and O–H groups in total. The Kier molecular flexibility index (Phi) is 7.36. The average molecular weight is 411 g/mol. The molecular formula is C24H27ClN2O2. The number of benzene rings is 2. The van der Waals surface area contributed by atoms with Crippen LogP contribution in [0.5, 0.6) is 5.75 Å². The minimum atomic E-state index is -0.0261. The summed E-state index contributed by atoms with van der Waals surface area (Å²) in [6, 6.07) is 21.6. The van der Waals surface area contributed by atoms with E-state index in [2.05, 4.69) is 42.8 Å². The number of nitrogens with zero attached hydrogens (tertiary/aromatic N) is 2. The van der Waals surface area contributed by atoms with E-state index in [0.29, 0.717) is 17.3 Å². The molecule has 4 nitrogen and oxygen atoms in total. The Morgan fingerprint density at radius 1 is 1.07 bits per heavy atom. The zero-order valence-corrected chi connectivity index (χ0v) is 17.7. The number of hydrogen-bond donors (Lipinski definition) is 0. The third kappa shape index (κ3) is 5.88. The summed E-state index contributed by atoms with van der Waals surface area (Å²) in [6.07, 6.45) is 2.94. The number of ether oxygens (including phenoxy) is 1. The molecule has 0 spiro atoms. The van der Waals surface area contributed by atoms with Gasteiger partial charge in [0.15, 0.2) is 6.61 Å². The second-order valence-corrected chi connectivity index (χ2v) is 7.57. The Hall–Kier alpha value is -2.72. The number of rotatable bonds is 9. The van der Waals surface area contributed by atoms with Gasteiger partial charge in [0, 0.05) is 29.5 Å². The van der Waals surface area contributed by atoms with Crippen LogP contribution in [-0.2, 0) is 17.9 Å². The molecule has 1 aromatic heterocycles. The second-order valence-electron chi connectivity index (χ2n) is 7.13. The Bertz CT molecular complexity index is 906. The van der Waals surface area contributed by atoms with Crippen molar-refractivity contribution >= 4 is 17.5 Å². The normalized spacial score (nSPS) is 11.8. The van der Waals surface area contributed by atoms with Crippen molar-refractivity contribution in [2.24, 2.45) is 0 Å². The van der Waals surface area contributed by atoms with Gasteiger partial charge in [-0.1, -0.05) is 48.9 Å². The van der Waals surface area contributed by atoms with Gasteiger partial charge in [-0.25, -0.2) is 0 Å². The summed E-state index contributed by atoms with van der Waals surface area (Å²) in [5.41, 5.74) is 2.34. The van der Waals surface area contributed by atoms with E-state index in [9.17, 15) is 4.79 Å². The largest absolute Gasteiger partial charge is 0.484 e. The highest BCUT2D eigenvalue weighted by Crippen LogP contribution is 2.17. The molecule has 152 valence electrons. The molecule has 1 atom stereocenters. The topological polar surface area (TPSA) is 34.5 Å². The number of hydrogen-bond acceptors (Lipinski definition) is 2. The first kappa shape index (κ1) is 21.0. The molecule has 0 aliphatic carbocycles. The van der Waals surface area contributed by atoms with Crippen molar-refractivity contribution in [3.63, 3.8) is 0 Å². The molecule has 3 rings (SSSR count). The van der Waals surface area contributed by atoms with Gasteiger partial charge >= 0.3 is 0 Å². The third-order valence-electron chi connectivity index (χ3n) is 5.07. The predicted octanol–water partition coefficient (Wildman–Crippen LogP) is 5.40. The molecule has 0 aliphatic rings. The van der Waals surface area contributed by atoms with E-state index in [-0.39, 0.29) is 18.6 Å². The standard InChI is InChI=1S/C24H27ClN2O2/c1-3-19(2)27(24(28)18-29-23-13-11-21(25)12-14-23)17-22-10-7-15-26(22)16-20-8-5-4-6-9-20/h4-15,19H,3,16-18H2,1-2H3. The molecule has 2 aromatic carbocycles. The van der Waals surface area contributed by atoms with Crippen LogP contribution in [0.1, 0.15) is 31.5 Å². The van der Waals surface area contributed by atoms with Crippen molar-refractivity contribution < 1.29 is 9.53 Å². The first-order valence-electron chi connectivity index (χ1n) is 9.92. The fraction of sp³-hybridized carbons (Fsp3) is 0.292. The van der Waals surface area contributed by atoms with E-state index < -0.39 is 0 Å². The molecule has 1 unspecified atom stereocenters. The fourth-order valence-electron chi connectivity index (χ4n) is 3.17. The van der Waals surface area contributed by atoms with Crippen molar-refractivity contribution in [1.82, 2.24) is 9.47 Å². The zero-order valence-electron chi connectivity index (χ0n) is 16.9. The maximum atomic E-state index is 12.9. The van der Waals surface area contributed by atoms with Crippen LogP contribution in [0.2, 0.25) is 5.02 Å². The minimum absolute atomic E-state index is 0.00532. The van der Waals surface area contributed by atoms with Gasteiger partial charge < -0.3 is 14.2 Å². The molecule has 0 bridgehead atoms. The highest BCUT2D eigenvalue weighted by molar-refractivity contribution is 6.30. The molecule has 1 heterocycles. The van der Waals surface area contributed by atoms with Crippen molar-refractivity contribution in [2.75, 3.05) is 6.61 Å². The monoisotopic (exact) mass is 410 g/mol. The molecule has 3 aromatic rings. The molecule has 0 aliphatic heterocycles. The van der Waals surface area contributed by atoms with Gasteiger partial charge in [0.25, 0.3) is 5.91 Å². The van der Waals surface area contributed by atoms with Crippen LogP contribution in [0.15, 0.2) is 72.9 Å². The van der Waals surface area contributed by atoms with Crippen LogP contribution in [0.25, 0.3) is 0 Å². The minimum Gasteiger partial charge on any atom is -0.484 e. The highest BCUT2D eigenvalue weighted by Gasteiger charge is 2.21. The van der Waals surface area contributed by atoms with E-state index in [4.69, 9.17) is 16.3 Å². The van der Waals surface area contributed by atoms with Crippen LogP contribution in [0.4, 0.5) is 0 Å². The Balaban J connectivity index is 1.68. The lowest BCUT2D eigenvalue weighted by molar-refractivity contribution is -0.136. The number of aromatic nitrogens is 1. The van der Waals surface area contributed by atoms with E-state index in [1.54, 1.807) is 24.3 Å². The molecular weight excluding hydrogens is 384 g/mol. The van der Waals surface area contributed by atoms with Gasteiger partial charge in [-0.15, -0.1) is 0 Å². The summed E-state index contributed by atoms with van der Waals surface area (Å²) in [5, 5.41) is 0.643. The van der Waals surface area contributed by atoms with Crippen molar-refractivity contribution in [1.29, 1.82) is 0 Å². The van der Waals surface area contributed by atoms with E-state index in [1.807, 2.05) is 29.2 Å². The van der Waals surface area contributed by atoms with Gasteiger partial charge in [0.05, 0.1) is 6.54 Å². The maximum Gasteiger partial charge on any atom is 0.261 e. The fourth-order valence-corrected chi connectivity index (χ4v) is 3.30. The summed E-state index contributed by atoms with van der Waals surface area (Å²) >= 11 is 5.90. The summed E-state index contributed by atoms with van der Waals surface area (Å²) < 4.78 is 7.88. The van der Waals surface area contributed by atoms with Crippen LogP contribution in [0, 0.1) is 0 Å². The quantitative estimate of drug-likeness (QED) is 0.473. The van der Waals surface area contributed by atoms with E-state index in [0.717, 1.165) is 18.7 Å². The van der Waals surface area contributed by atoms with Gasteiger partial charge in [-0.2, -0.15) is 0 Å². The molecule has 0 fully saturated rings. The lowest BCUT2D eigenvalue weighted by Crippen LogP contribution is -2.41. The molecule has 0 saturated carbocycles. The van der Waals surface area contributed by atoms with Crippen molar-refractivity contribution in [2.45, 2.75) is 39.4 Å². The summed E-state index contributed by atoms with van der Waals surface area (Å²) in [4.78, 5) is 14.8. The molecule has 1 amide bonds. The number of amides is 1. The first-order chi connectivity index (χ1) is 14.1. The Labute approximate surface area is 177 Å². The van der Waals surface area contributed by atoms with E-state index in [1.165, 1.54) is 5.56 Å². The van der Waals surface area contributed by atoms with Gasteiger partial charge in [0.2, 0.25) is 0 Å². The molecule has 29 heavy (non-hydrogen) atoms. The SMILES string of the molecule is CCC(C)N(Cc1cccn1Cc1ccccc1)C(=O)COc1ccc(Cl)cc1. The first-order valence-corrected chi connectivity index (χ1v) is 10.3. The summed E-state index contributed by atoms with van der Waals surface area (Å²) in [6.45, 7) is 5.51. The van der Waals surface area contributed by atoms with Crippen LogP contribution < -0.4 is 4.74 Å². The Morgan fingerprint density at radius 3 is 2.48 bits per heavy atom. The van der Waals surface area contributed by atoms with Crippen LogP contribution in [-0.4, -0.2) is 28.0 Å². The lowest BCUT2D eigenvalue weighted by atomic mass is 10.2. The highest BCUT2D eigenvalue weighted by atomic mass is 35.5. The number of halogens is 1. The molecule has 5 heteroatoms. The lowest BCUT2D eigenvalue weighted by Gasteiger charge is -2.29. The summed E-state index contributed by atoms with van der Waals surface area (Å²) in [7, 11) is 0. The van der Waals surface area contributed by atoms with Gasteiger partial charge in [-0.3, -0.25) is 4.79 Å². The van der Waals surface area contributed by atoms with Gasteiger partial charge in [0.1, 0.15) is 5.75 Å². The second kappa shape index (κ2) is 10.2. The smallest absolute Gasteiger partial charge is 0.261 e. The maximum absolute atomic E-state index is 12.9. The predicted molar refractivity (Wildman–Crippen MR) is 117 cm³/mol. The zero-order chi connectivity index (χ0) is 20.6. The van der Waals surface area contributed by atoms with Crippen LogP contribution >= 0.6 is 11.6 Å².